The van der Waals surface area contributed by atoms with Crippen molar-refractivity contribution in [2.45, 2.75) is 26.3 Å². The molecule has 0 heterocycles. The van der Waals surface area contributed by atoms with Gasteiger partial charge in [0.1, 0.15) is 11.6 Å². The van der Waals surface area contributed by atoms with Gasteiger partial charge in [-0.2, -0.15) is 0 Å². The van der Waals surface area contributed by atoms with Crippen molar-refractivity contribution >= 4 is 0 Å². The maximum absolute atomic E-state index is 13.0. The van der Waals surface area contributed by atoms with E-state index in [0.717, 1.165) is 6.07 Å². The molecule has 2 N–H and O–H groups in total. The summed E-state index contributed by atoms with van der Waals surface area (Å²) in [4.78, 5) is 0. The quantitative estimate of drug-likeness (QED) is 0.753. The molecule has 0 aliphatic rings. The highest BCUT2D eigenvalue weighted by atomic mass is 19.1. The van der Waals surface area contributed by atoms with Gasteiger partial charge >= 0.3 is 0 Å². The van der Waals surface area contributed by atoms with Crippen LogP contribution in [0.15, 0.2) is 12.1 Å². The summed E-state index contributed by atoms with van der Waals surface area (Å²) in [5, 5.41) is 0. The Hall–Kier alpha value is -0.960. The average Bonchev–Trinajstić information content (AvgIpc) is 2.10. The molecule has 0 spiro atoms. The lowest BCUT2D eigenvalue weighted by molar-refractivity contribution is 0.563. The largest absolute Gasteiger partial charge is 0.324 e. The van der Waals surface area contributed by atoms with Gasteiger partial charge in [-0.3, -0.25) is 0 Å². The van der Waals surface area contributed by atoms with Gasteiger partial charge in [0.2, 0.25) is 0 Å². The first-order valence-corrected chi connectivity index (χ1v) is 4.27. The molecule has 1 nitrogen and oxygen atoms in total. The molecule has 0 bridgehead atoms. The molecule has 1 aromatic carbocycles. The highest BCUT2D eigenvalue weighted by Crippen LogP contribution is 2.21. The van der Waals surface area contributed by atoms with Crippen molar-refractivity contribution in [3.05, 3.63) is 34.9 Å². The summed E-state index contributed by atoms with van der Waals surface area (Å²) in [7, 11) is 0. The average molecular weight is 185 g/mol. The van der Waals surface area contributed by atoms with Crippen LogP contribution in [-0.2, 0) is 0 Å². The van der Waals surface area contributed by atoms with Gasteiger partial charge in [0.05, 0.1) is 0 Å². The zero-order valence-electron chi connectivity index (χ0n) is 7.77. The van der Waals surface area contributed by atoms with Crippen LogP contribution in [0.25, 0.3) is 0 Å². The summed E-state index contributed by atoms with van der Waals surface area (Å²) in [6.07, 6.45) is 0.670. The van der Waals surface area contributed by atoms with Gasteiger partial charge < -0.3 is 5.73 Å². The first kappa shape index (κ1) is 10.1. The Bertz CT molecular complexity index is 310. The highest BCUT2D eigenvalue weighted by Gasteiger charge is 2.11. The fraction of sp³-hybridized carbons (Fsp3) is 0.400. The van der Waals surface area contributed by atoms with E-state index in [0.29, 0.717) is 17.5 Å². The Labute approximate surface area is 76.6 Å². The van der Waals surface area contributed by atoms with Crippen LogP contribution in [0.1, 0.15) is 30.5 Å². The third kappa shape index (κ3) is 2.04. The van der Waals surface area contributed by atoms with Gasteiger partial charge in [0.15, 0.2) is 0 Å². The van der Waals surface area contributed by atoms with E-state index in [-0.39, 0.29) is 6.04 Å². The predicted molar refractivity (Wildman–Crippen MR) is 48.3 cm³/mol. The number of nitrogens with two attached hydrogens (primary N) is 1. The maximum Gasteiger partial charge on any atom is 0.129 e. The lowest BCUT2D eigenvalue weighted by Crippen LogP contribution is -2.11. The molecule has 1 atom stereocenters. The molecule has 0 saturated heterocycles. The standard InChI is InChI=1S/C10H13F2N/c1-3-10(13)8-4-7(11)5-9(12)6(8)2/h4-5,10H,3,13H2,1-2H3/t10-/m0/s1. The van der Waals surface area contributed by atoms with Crippen LogP contribution in [0, 0.1) is 18.6 Å². The molecule has 3 heteroatoms. The zero-order valence-corrected chi connectivity index (χ0v) is 7.77. The Balaban J connectivity index is 3.20. The lowest BCUT2D eigenvalue weighted by atomic mass is 9.99. The number of hydrogen-bond acceptors (Lipinski definition) is 1. The molecule has 0 amide bonds. The SMILES string of the molecule is CC[C@H](N)c1cc(F)cc(F)c1C. The van der Waals surface area contributed by atoms with E-state index >= 15 is 0 Å². The van der Waals surface area contributed by atoms with E-state index in [1.165, 1.54) is 6.07 Å². The van der Waals surface area contributed by atoms with Crippen LogP contribution in [0.2, 0.25) is 0 Å². The molecule has 0 aromatic heterocycles. The molecule has 0 saturated carbocycles. The normalized spacial score (nSPS) is 13.0. The monoisotopic (exact) mass is 185 g/mol. The topological polar surface area (TPSA) is 26.0 Å². The Morgan fingerprint density at radius 1 is 1.38 bits per heavy atom. The van der Waals surface area contributed by atoms with Crippen LogP contribution in [0.5, 0.6) is 0 Å². The third-order valence-corrected chi connectivity index (χ3v) is 2.19. The van der Waals surface area contributed by atoms with Crippen molar-refractivity contribution < 1.29 is 8.78 Å². The Morgan fingerprint density at radius 2 is 2.00 bits per heavy atom. The minimum atomic E-state index is -0.568. The van der Waals surface area contributed by atoms with E-state index in [1.807, 2.05) is 6.92 Å². The highest BCUT2D eigenvalue weighted by molar-refractivity contribution is 5.30. The first-order chi connectivity index (χ1) is 6.06. The van der Waals surface area contributed by atoms with Crippen LogP contribution >= 0.6 is 0 Å². The second-order valence-corrected chi connectivity index (χ2v) is 3.12. The van der Waals surface area contributed by atoms with Crippen molar-refractivity contribution in [1.29, 1.82) is 0 Å². The number of benzene rings is 1. The zero-order chi connectivity index (χ0) is 10.0. The summed E-state index contributed by atoms with van der Waals surface area (Å²) in [5.74, 6) is -1.10. The van der Waals surface area contributed by atoms with Crippen LogP contribution in [-0.4, -0.2) is 0 Å². The van der Waals surface area contributed by atoms with Crippen molar-refractivity contribution in [2.24, 2.45) is 5.73 Å². The second-order valence-electron chi connectivity index (χ2n) is 3.12. The Kier molecular flexibility index (Phi) is 2.98. The van der Waals surface area contributed by atoms with Gasteiger partial charge in [0.25, 0.3) is 0 Å². The molecular formula is C10H13F2N. The van der Waals surface area contributed by atoms with Crippen molar-refractivity contribution in [3.63, 3.8) is 0 Å². The first-order valence-electron chi connectivity index (χ1n) is 4.27. The third-order valence-electron chi connectivity index (χ3n) is 2.19. The molecule has 13 heavy (non-hydrogen) atoms. The van der Waals surface area contributed by atoms with Crippen LogP contribution < -0.4 is 5.73 Å². The van der Waals surface area contributed by atoms with Gasteiger partial charge in [0, 0.05) is 12.1 Å². The molecule has 0 fully saturated rings. The van der Waals surface area contributed by atoms with E-state index in [1.54, 1.807) is 6.92 Å². The second kappa shape index (κ2) is 3.83. The van der Waals surface area contributed by atoms with E-state index in [4.69, 9.17) is 5.73 Å². The van der Waals surface area contributed by atoms with Crippen LogP contribution in [0.4, 0.5) is 8.78 Å². The maximum atomic E-state index is 13.0. The predicted octanol–water partition coefficient (Wildman–Crippen LogP) is 2.68. The minimum absolute atomic E-state index is 0.287. The molecular weight excluding hydrogens is 172 g/mol. The smallest absolute Gasteiger partial charge is 0.129 e. The van der Waals surface area contributed by atoms with E-state index in [9.17, 15) is 8.78 Å². The van der Waals surface area contributed by atoms with Crippen molar-refractivity contribution in [1.82, 2.24) is 0 Å². The Morgan fingerprint density at radius 3 is 2.54 bits per heavy atom. The van der Waals surface area contributed by atoms with Gasteiger partial charge in [-0.25, -0.2) is 8.78 Å². The molecule has 0 radical (unpaired) electrons. The molecule has 1 rings (SSSR count). The van der Waals surface area contributed by atoms with Gasteiger partial charge in [-0.1, -0.05) is 6.92 Å². The summed E-state index contributed by atoms with van der Waals surface area (Å²) in [6.45, 7) is 3.49. The molecule has 1 aromatic rings. The fourth-order valence-corrected chi connectivity index (χ4v) is 1.27. The van der Waals surface area contributed by atoms with Gasteiger partial charge in [-0.15, -0.1) is 0 Å². The fourth-order valence-electron chi connectivity index (χ4n) is 1.27. The summed E-state index contributed by atoms with van der Waals surface area (Å²) in [5.41, 5.74) is 6.70. The molecule has 0 aliphatic carbocycles. The number of rotatable bonds is 2. The molecule has 0 unspecified atom stereocenters. The van der Waals surface area contributed by atoms with Gasteiger partial charge in [-0.05, 0) is 30.5 Å². The van der Waals surface area contributed by atoms with E-state index < -0.39 is 11.6 Å². The molecule has 0 aliphatic heterocycles. The minimum Gasteiger partial charge on any atom is -0.324 e. The number of hydrogen-bond donors (Lipinski definition) is 1. The molecule has 72 valence electrons. The van der Waals surface area contributed by atoms with Crippen molar-refractivity contribution in [2.75, 3.05) is 0 Å². The van der Waals surface area contributed by atoms with E-state index in [2.05, 4.69) is 0 Å². The van der Waals surface area contributed by atoms with Crippen LogP contribution in [0.3, 0.4) is 0 Å². The van der Waals surface area contributed by atoms with Crippen molar-refractivity contribution in [3.8, 4) is 0 Å². The number of halogens is 2. The summed E-state index contributed by atoms with van der Waals surface area (Å²) < 4.78 is 25.9. The lowest BCUT2D eigenvalue weighted by Gasteiger charge is -2.12. The summed E-state index contributed by atoms with van der Waals surface area (Å²) >= 11 is 0. The summed E-state index contributed by atoms with van der Waals surface area (Å²) in [6, 6.07) is 1.89.